The fraction of sp³-hybridized carbons (Fsp3) is 0.440. The molecule has 0 aromatic heterocycles. The van der Waals surface area contributed by atoms with Crippen LogP contribution in [0, 0.1) is 0 Å². The van der Waals surface area contributed by atoms with Gasteiger partial charge in [0.2, 0.25) is 0 Å². The van der Waals surface area contributed by atoms with Crippen LogP contribution in [0.15, 0.2) is 48.5 Å². The first-order chi connectivity index (χ1) is 14.8. The summed E-state index contributed by atoms with van der Waals surface area (Å²) in [6, 6.07) is 16.8. The lowest BCUT2D eigenvalue weighted by Gasteiger charge is -2.37. The quantitative estimate of drug-likeness (QED) is 0.639. The van der Waals surface area contributed by atoms with Gasteiger partial charge in [0.15, 0.2) is 0 Å². The van der Waals surface area contributed by atoms with Crippen molar-refractivity contribution >= 4 is 18.2 Å². The van der Waals surface area contributed by atoms with Gasteiger partial charge in [0.25, 0.3) is 6.47 Å². The number of carbonyl (C=O) groups is 2. The lowest BCUT2D eigenvalue weighted by molar-refractivity contribution is -0.142. The summed E-state index contributed by atoms with van der Waals surface area (Å²) < 4.78 is 4.95. The molecule has 2 heterocycles. The molecule has 0 radical (unpaired) electrons. The Morgan fingerprint density at radius 1 is 0.935 bits per heavy atom. The first-order valence-corrected chi connectivity index (χ1v) is 10.9. The van der Waals surface area contributed by atoms with Gasteiger partial charge in [-0.2, -0.15) is 0 Å². The van der Waals surface area contributed by atoms with Crippen LogP contribution in [0.4, 0.5) is 10.5 Å². The third-order valence-corrected chi connectivity index (χ3v) is 6.11. The van der Waals surface area contributed by atoms with E-state index < -0.39 is 0 Å². The second kappa shape index (κ2) is 8.71. The molecule has 0 aliphatic carbocycles. The molecule has 6 heteroatoms. The summed E-state index contributed by atoms with van der Waals surface area (Å²) in [5.74, 6) is 0. The number of benzene rings is 2. The number of likely N-dealkylation sites (tertiary alicyclic amines) is 1. The molecule has 0 spiro atoms. The van der Waals surface area contributed by atoms with E-state index >= 15 is 0 Å². The molecule has 0 unspecified atom stereocenters. The summed E-state index contributed by atoms with van der Waals surface area (Å²) in [4.78, 5) is 29.3. The monoisotopic (exact) mass is 421 g/mol. The highest BCUT2D eigenvalue weighted by Gasteiger charge is 2.30. The van der Waals surface area contributed by atoms with Crippen LogP contribution in [-0.4, -0.2) is 54.6 Å². The number of urea groups is 1. The number of hydrogen-bond donors (Lipinski definition) is 0. The number of amides is 2. The highest BCUT2D eigenvalue weighted by Crippen LogP contribution is 2.25. The van der Waals surface area contributed by atoms with E-state index in [9.17, 15) is 9.59 Å². The van der Waals surface area contributed by atoms with E-state index in [2.05, 4.69) is 62.1 Å². The number of rotatable bonds is 7. The molecule has 2 aromatic rings. The van der Waals surface area contributed by atoms with E-state index in [0.29, 0.717) is 19.6 Å². The Labute approximate surface area is 184 Å². The Kier molecular flexibility index (Phi) is 6.01. The van der Waals surface area contributed by atoms with Crippen molar-refractivity contribution in [3.05, 3.63) is 65.2 Å². The molecule has 6 nitrogen and oxygen atoms in total. The summed E-state index contributed by atoms with van der Waals surface area (Å²) in [6.07, 6.45) is 0.0228. The minimum absolute atomic E-state index is 0.0228. The van der Waals surface area contributed by atoms with Gasteiger partial charge in [0.05, 0.1) is 0 Å². The van der Waals surface area contributed by atoms with Crippen molar-refractivity contribution in [3.8, 4) is 0 Å². The van der Waals surface area contributed by atoms with Gasteiger partial charge in [-0.1, -0.05) is 57.2 Å². The van der Waals surface area contributed by atoms with Crippen LogP contribution in [0.2, 0.25) is 0 Å². The number of nitrogens with zero attached hydrogens (tertiary/aromatic N) is 3. The lowest BCUT2D eigenvalue weighted by atomic mass is 9.87. The zero-order valence-electron chi connectivity index (χ0n) is 18.6. The SMILES string of the molecule is CC(C)(C)c1ccc(CN2CCN(c3ccc(CN4CC(OC=O)C4)cc3)C2=O)cc1. The molecule has 2 amide bonds. The van der Waals surface area contributed by atoms with Gasteiger partial charge in [0, 0.05) is 45.0 Å². The van der Waals surface area contributed by atoms with E-state index in [1.54, 1.807) is 0 Å². The van der Waals surface area contributed by atoms with Gasteiger partial charge in [0.1, 0.15) is 6.10 Å². The normalized spacial score (nSPS) is 17.7. The van der Waals surface area contributed by atoms with Crippen LogP contribution in [-0.2, 0) is 28.0 Å². The Hall–Kier alpha value is -2.86. The molecule has 2 saturated heterocycles. The fourth-order valence-electron chi connectivity index (χ4n) is 4.16. The Morgan fingerprint density at radius 2 is 1.55 bits per heavy atom. The molecule has 0 saturated carbocycles. The Morgan fingerprint density at radius 3 is 2.16 bits per heavy atom. The van der Waals surface area contributed by atoms with Crippen molar-refractivity contribution in [2.45, 2.75) is 45.4 Å². The molecule has 0 atom stereocenters. The second-order valence-electron chi connectivity index (χ2n) is 9.52. The van der Waals surface area contributed by atoms with Crippen LogP contribution >= 0.6 is 0 Å². The van der Waals surface area contributed by atoms with E-state index in [4.69, 9.17) is 4.74 Å². The van der Waals surface area contributed by atoms with E-state index in [0.717, 1.165) is 37.4 Å². The van der Waals surface area contributed by atoms with Crippen LogP contribution < -0.4 is 4.90 Å². The van der Waals surface area contributed by atoms with Gasteiger partial charge in [-0.25, -0.2) is 4.79 Å². The van der Waals surface area contributed by atoms with Gasteiger partial charge >= 0.3 is 6.03 Å². The molecular weight excluding hydrogens is 390 g/mol. The molecule has 0 N–H and O–H groups in total. The van der Waals surface area contributed by atoms with E-state index in [1.807, 2.05) is 21.9 Å². The minimum Gasteiger partial charge on any atom is -0.462 e. The first kappa shape index (κ1) is 21.4. The maximum Gasteiger partial charge on any atom is 0.324 e. The number of carbonyl (C=O) groups excluding carboxylic acids is 2. The average molecular weight is 422 g/mol. The Bertz CT molecular complexity index is 913. The van der Waals surface area contributed by atoms with Crippen molar-refractivity contribution in [3.63, 3.8) is 0 Å². The third-order valence-electron chi connectivity index (χ3n) is 6.11. The average Bonchev–Trinajstić information content (AvgIpc) is 3.07. The predicted octanol–water partition coefficient (Wildman–Crippen LogP) is 3.78. The smallest absolute Gasteiger partial charge is 0.324 e. The number of hydrogen-bond acceptors (Lipinski definition) is 4. The minimum atomic E-state index is 0.0228. The molecule has 2 aromatic carbocycles. The van der Waals surface area contributed by atoms with Gasteiger partial charge in [-0.3, -0.25) is 14.6 Å². The van der Waals surface area contributed by atoms with Crippen molar-refractivity contribution in [1.29, 1.82) is 0 Å². The summed E-state index contributed by atoms with van der Waals surface area (Å²) >= 11 is 0. The Balaban J connectivity index is 1.32. The topological polar surface area (TPSA) is 53.1 Å². The number of anilines is 1. The molecular formula is C25H31N3O3. The van der Waals surface area contributed by atoms with Crippen molar-refractivity contribution in [2.24, 2.45) is 0 Å². The van der Waals surface area contributed by atoms with Crippen LogP contribution in [0.3, 0.4) is 0 Å². The molecule has 164 valence electrons. The van der Waals surface area contributed by atoms with Crippen LogP contribution in [0.1, 0.15) is 37.5 Å². The predicted molar refractivity (Wildman–Crippen MR) is 121 cm³/mol. The summed E-state index contributed by atoms with van der Waals surface area (Å²) in [5, 5.41) is 0. The van der Waals surface area contributed by atoms with Crippen LogP contribution in [0.25, 0.3) is 0 Å². The van der Waals surface area contributed by atoms with Crippen LogP contribution in [0.5, 0.6) is 0 Å². The van der Waals surface area contributed by atoms with Gasteiger partial charge in [-0.15, -0.1) is 0 Å². The third kappa shape index (κ3) is 4.90. The molecule has 2 fully saturated rings. The largest absolute Gasteiger partial charge is 0.462 e. The van der Waals surface area contributed by atoms with E-state index in [-0.39, 0.29) is 17.6 Å². The maximum absolute atomic E-state index is 13.0. The molecule has 4 rings (SSSR count). The maximum atomic E-state index is 13.0. The van der Waals surface area contributed by atoms with Crippen molar-refractivity contribution in [1.82, 2.24) is 9.80 Å². The standard InChI is InChI=1S/C25H31N3O3/c1-25(2,3)21-8-4-20(5-9-21)15-27-12-13-28(24(27)30)22-10-6-19(7-11-22)14-26-16-23(17-26)31-18-29/h4-11,18,23H,12-17H2,1-3H3. The fourth-order valence-corrected chi connectivity index (χ4v) is 4.16. The highest BCUT2D eigenvalue weighted by molar-refractivity contribution is 5.94. The van der Waals surface area contributed by atoms with E-state index in [1.165, 1.54) is 11.1 Å². The molecule has 2 aliphatic heterocycles. The van der Waals surface area contributed by atoms with Gasteiger partial charge in [-0.05, 0) is 34.2 Å². The zero-order chi connectivity index (χ0) is 22.0. The van der Waals surface area contributed by atoms with Gasteiger partial charge < -0.3 is 9.64 Å². The van der Waals surface area contributed by atoms with Crippen molar-refractivity contribution in [2.75, 3.05) is 31.1 Å². The van der Waals surface area contributed by atoms with Crippen molar-refractivity contribution < 1.29 is 14.3 Å². The summed E-state index contributed by atoms with van der Waals surface area (Å²) in [5.41, 5.74) is 4.72. The lowest BCUT2D eigenvalue weighted by Crippen LogP contribution is -2.51. The second-order valence-corrected chi connectivity index (χ2v) is 9.52. The highest BCUT2D eigenvalue weighted by atomic mass is 16.5. The molecule has 2 aliphatic rings. The summed E-state index contributed by atoms with van der Waals surface area (Å²) in [7, 11) is 0. The first-order valence-electron chi connectivity index (χ1n) is 10.9. The number of ether oxygens (including phenoxy) is 1. The molecule has 31 heavy (non-hydrogen) atoms. The zero-order valence-corrected chi connectivity index (χ0v) is 18.6. The summed E-state index contributed by atoms with van der Waals surface area (Å²) in [6.45, 7) is 11.6. The molecule has 0 bridgehead atoms.